The SMILES string of the molecule is CCCCCCCCc1ccc(-c2ccc3c(Oc4ccccc4)csc3c2)cc1. The molecule has 1 aromatic heterocycles. The topological polar surface area (TPSA) is 9.23 Å². The van der Waals surface area contributed by atoms with E-state index < -0.39 is 0 Å². The van der Waals surface area contributed by atoms with Crippen LogP contribution in [0.1, 0.15) is 51.0 Å². The number of hydrogen-bond donors (Lipinski definition) is 0. The third-order valence-corrected chi connectivity index (χ3v) is 6.54. The molecule has 0 radical (unpaired) electrons. The number of para-hydroxylation sites is 1. The van der Waals surface area contributed by atoms with Gasteiger partial charge in [-0.15, -0.1) is 11.3 Å². The van der Waals surface area contributed by atoms with Crippen LogP contribution in [-0.2, 0) is 6.42 Å². The first-order valence-corrected chi connectivity index (χ1v) is 12.0. The van der Waals surface area contributed by atoms with Gasteiger partial charge in [-0.25, -0.2) is 0 Å². The summed E-state index contributed by atoms with van der Waals surface area (Å²) < 4.78 is 7.33. The molecule has 0 unspecified atom stereocenters. The van der Waals surface area contributed by atoms with E-state index in [1.807, 2.05) is 30.3 Å². The Bertz CT molecular complexity index is 1050. The maximum Gasteiger partial charge on any atom is 0.145 e. The summed E-state index contributed by atoms with van der Waals surface area (Å²) in [6.07, 6.45) is 9.31. The lowest BCUT2D eigenvalue weighted by atomic mass is 10.0. The Balaban J connectivity index is 1.40. The molecule has 0 aliphatic rings. The highest BCUT2D eigenvalue weighted by Gasteiger charge is 2.08. The van der Waals surface area contributed by atoms with Gasteiger partial charge in [0.05, 0.1) is 0 Å². The molecule has 1 nitrogen and oxygen atoms in total. The second-order valence-corrected chi connectivity index (χ2v) is 8.85. The Labute approximate surface area is 184 Å². The third-order valence-electron chi connectivity index (χ3n) is 5.62. The van der Waals surface area contributed by atoms with Crippen molar-refractivity contribution >= 4 is 21.4 Å². The Hall–Kier alpha value is -2.58. The molecule has 0 amide bonds. The molecule has 0 aliphatic carbocycles. The number of thiophene rings is 1. The maximum absolute atomic E-state index is 6.07. The molecule has 0 bridgehead atoms. The lowest BCUT2D eigenvalue weighted by Gasteiger charge is -2.07. The molecule has 154 valence electrons. The van der Waals surface area contributed by atoms with Gasteiger partial charge in [0.1, 0.15) is 11.5 Å². The Morgan fingerprint density at radius 3 is 2.27 bits per heavy atom. The Morgan fingerprint density at radius 2 is 1.47 bits per heavy atom. The summed E-state index contributed by atoms with van der Waals surface area (Å²) in [5, 5.41) is 3.28. The van der Waals surface area contributed by atoms with Crippen molar-refractivity contribution in [2.45, 2.75) is 51.9 Å². The fraction of sp³-hybridized carbons (Fsp3) is 0.286. The molecular formula is C28H30OS. The Morgan fingerprint density at radius 1 is 0.733 bits per heavy atom. The van der Waals surface area contributed by atoms with Crippen molar-refractivity contribution in [3.05, 3.63) is 83.7 Å². The normalized spacial score (nSPS) is 11.1. The van der Waals surface area contributed by atoms with Gasteiger partial charge in [0.2, 0.25) is 0 Å². The minimum Gasteiger partial charge on any atom is -0.456 e. The van der Waals surface area contributed by atoms with Crippen LogP contribution in [0.5, 0.6) is 11.5 Å². The van der Waals surface area contributed by atoms with Crippen molar-refractivity contribution in [3.63, 3.8) is 0 Å². The molecule has 2 heteroatoms. The summed E-state index contributed by atoms with van der Waals surface area (Å²) in [6.45, 7) is 2.27. The zero-order chi connectivity index (χ0) is 20.6. The monoisotopic (exact) mass is 414 g/mol. The number of unbranched alkanes of at least 4 members (excludes halogenated alkanes) is 5. The smallest absolute Gasteiger partial charge is 0.145 e. The van der Waals surface area contributed by atoms with E-state index in [0.717, 1.165) is 11.5 Å². The van der Waals surface area contributed by atoms with Crippen molar-refractivity contribution in [1.29, 1.82) is 0 Å². The first-order chi connectivity index (χ1) is 14.8. The highest BCUT2D eigenvalue weighted by Crippen LogP contribution is 2.37. The van der Waals surface area contributed by atoms with Crippen LogP contribution in [0.15, 0.2) is 78.2 Å². The van der Waals surface area contributed by atoms with Gasteiger partial charge in [0.25, 0.3) is 0 Å². The predicted octanol–water partition coefficient (Wildman–Crippen LogP) is 9.26. The third kappa shape index (κ3) is 5.31. The van der Waals surface area contributed by atoms with Gasteiger partial charge in [0, 0.05) is 15.5 Å². The van der Waals surface area contributed by atoms with Crippen molar-refractivity contribution in [1.82, 2.24) is 0 Å². The molecule has 0 N–H and O–H groups in total. The minimum absolute atomic E-state index is 0.877. The van der Waals surface area contributed by atoms with Crippen LogP contribution in [0, 0.1) is 0 Å². The average Bonchev–Trinajstić information content (AvgIpc) is 3.19. The van der Waals surface area contributed by atoms with Crippen LogP contribution in [0.2, 0.25) is 0 Å². The molecule has 0 fully saturated rings. The van der Waals surface area contributed by atoms with Crippen molar-refractivity contribution in [2.24, 2.45) is 0 Å². The van der Waals surface area contributed by atoms with E-state index in [0.29, 0.717) is 0 Å². The first kappa shape index (κ1) is 20.7. The van der Waals surface area contributed by atoms with Crippen LogP contribution >= 0.6 is 11.3 Å². The fourth-order valence-corrected chi connectivity index (χ4v) is 4.75. The molecule has 0 aliphatic heterocycles. The summed E-state index contributed by atoms with van der Waals surface area (Å²) in [6, 6.07) is 25.8. The van der Waals surface area contributed by atoms with E-state index >= 15 is 0 Å². The number of aryl methyl sites for hydroxylation is 1. The highest BCUT2D eigenvalue weighted by molar-refractivity contribution is 7.17. The van der Waals surface area contributed by atoms with Crippen molar-refractivity contribution in [3.8, 4) is 22.6 Å². The molecule has 30 heavy (non-hydrogen) atoms. The lowest BCUT2D eigenvalue weighted by Crippen LogP contribution is -1.87. The van der Waals surface area contributed by atoms with Gasteiger partial charge in [-0.1, -0.05) is 87.6 Å². The van der Waals surface area contributed by atoms with E-state index in [1.54, 1.807) is 11.3 Å². The number of ether oxygens (including phenoxy) is 1. The van der Waals surface area contributed by atoms with E-state index in [9.17, 15) is 0 Å². The van der Waals surface area contributed by atoms with Gasteiger partial charge in [-0.3, -0.25) is 0 Å². The van der Waals surface area contributed by atoms with Crippen LogP contribution in [0.3, 0.4) is 0 Å². The molecule has 0 spiro atoms. The van der Waals surface area contributed by atoms with Crippen molar-refractivity contribution in [2.75, 3.05) is 0 Å². The minimum atomic E-state index is 0.877. The second-order valence-electron chi connectivity index (χ2n) is 7.94. The molecule has 1 heterocycles. The molecule has 0 atom stereocenters. The van der Waals surface area contributed by atoms with E-state index in [-0.39, 0.29) is 0 Å². The standard InChI is InChI=1S/C28H30OS/c1-2-3-4-5-6-8-11-22-14-16-23(17-15-22)24-18-19-26-27(21-30-28(26)20-24)29-25-12-9-7-10-13-25/h7,9-10,12-21H,2-6,8,11H2,1H3. The van der Waals surface area contributed by atoms with Gasteiger partial charge in [-0.05, 0) is 53.8 Å². The fourth-order valence-electron chi connectivity index (χ4n) is 3.85. The van der Waals surface area contributed by atoms with Crippen LogP contribution in [-0.4, -0.2) is 0 Å². The molecule has 4 rings (SSSR count). The molecule has 3 aromatic carbocycles. The van der Waals surface area contributed by atoms with Crippen LogP contribution in [0.25, 0.3) is 21.2 Å². The zero-order valence-corrected chi connectivity index (χ0v) is 18.6. The molecule has 0 saturated heterocycles. The summed E-state index contributed by atoms with van der Waals surface area (Å²) in [5.74, 6) is 1.81. The van der Waals surface area contributed by atoms with Gasteiger partial charge < -0.3 is 4.74 Å². The van der Waals surface area contributed by atoms with Crippen LogP contribution < -0.4 is 4.74 Å². The number of hydrogen-bond acceptors (Lipinski definition) is 2. The molecule has 0 saturated carbocycles. The molecular weight excluding hydrogens is 384 g/mol. The predicted molar refractivity (Wildman–Crippen MR) is 131 cm³/mol. The van der Waals surface area contributed by atoms with Gasteiger partial charge in [-0.2, -0.15) is 0 Å². The zero-order valence-electron chi connectivity index (χ0n) is 17.8. The van der Waals surface area contributed by atoms with Crippen molar-refractivity contribution < 1.29 is 4.74 Å². The van der Waals surface area contributed by atoms with Gasteiger partial charge >= 0.3 is 0 Å². The quantitative estimate of drug-likeness (QED) is 0.235. The number of fused-ring (bicyclic) bond motifs is 1. The summed E-state index contributed by atoms with van der Waals surface area (Å²) in [5.41, 5.74) is 3.99. The van der Waals surface area contributed by atoms with Gasteiger partial charge in [0.15, 0.2) is 0 Å². The number of benzene rings is 3. The van der Waals surface area contributed by atoms with E-state index in [2.05, 4.69) is 54.8 Å². The van der Waals surface area contributed by atoms with E-state index in [1.165, 1.54) is 71.7 Å². The Kier molecular flexibility index (Phi) is 7.20. The summed E-state index contributed by atoms with van der Waals surface area (Å²) >= 11 is 1.74. The lowest BCUT2D eigenvalue weighted by molar-refractivity contribution is 0.490. The van der Waals surface area contributed by atoms with E-state index in [4.69, 9.17) is 4.74 Å². The van der Waals surface area contributed by atoms with Crippen LogP contribution in [0.4, 0.5) is 0 Å². The first-order valence-electron chi connectivity index (χ1n) is 11.2. The highest BCUT2D eigenvalue weighted by atomic mass is 32.1. The number of rotatable bonds is 10. The second kappa shape index (κ2) is 10.4. The summed E-state index contributed by atoms with van der Waals surface area (Å²) in [7, 11) is 0. The average molecular weight is 415 g/mol. The summed E-state index contributed by atoms with van der Waals surface area (Å²) in [4.78, 5) is 0. The molecule has 4 aromatic rings. The maximum atomic E-state index is 6.07. The largest absolute Gasteiger partial charge is 0.456 e.